The lowest BCUT2D eigenvalue weighted by Crippen LogP contribution is -2.17. The second-order valence-corrected chi connectivity index (χ2v) is 7.45. The molecule has 3 aromatic rings. The number of nitrogens with zero attached hydrogens (tertiary/aromatic N) is 2. The molecule has 1 heterocycles. The summed E-state index contributed by atoms with van der Waals surface area (Å²) in [4.78, 5) is 17.8. The lowest BCUT2D eigenvalue weighted by Gasteiger charge is -2.02. The number of carbonyl (C=O) groups is 1. The molecule has 3 nitrogen and oxygen atoms in total. The molecular formula is C18H16F2N2OS2. The van der Waals surface area contributed by atoms with Gasteiger partial charge in [-0.05, 0) is 48.9 Å². The Bertz CT molecular complexity index is 961. The van der Waals surface area contributed by atoms with Gasteiger partial charge in [0.05, 0.1) is 16.0 Å². The van der Waals surface area contributed by atoms with Crippen LogP contribution in [0.4, 0.5) is 8.78 Å². The fourth-order valence-corrected chi connectivity index (χ4v) is 4.17. The van der Waals surface area contributed by atoms with E-state index in [1.807, 2.05) is 11.5 Å². The molecule has 0 aliphatic heterocycles. The number of halogens is 2. The summed E-state index contributed by atoms with van der Waals surface area (Å²) in [6.45, 7) is 2.75. The SMILES string of the molecule is CCCn1c(=NC(=O)CSc2ccc(F)cc2)sc2cc(F)ccc21. The van der Waals surface area contributed by atoms with Crippen LogP contribution in [0.2, 0.25) is 0 Å². The van der Waals surface area contributed by atoms with Crippen LogP contribution in [0.5, 0.6) is 0 Å². The minimum absolute atomic E-state index is 0.167. The minimum atomic E-state index is -0.307. The summed E-state index contributed by atoms with van der Waals surface area (Å²) in [5, 5.41) is 0. The molecule has 25 heavy (non-hydrogen) atoms. The van der Waals surface area contributed by atoms with Gasteiger partial charge < -0.3 is 4.57 Å². The summed E-state index contributed by atoms with van der Waals surface area (Å²) in [5.41, 5.74) is 0.881. The topological polar surface area (TPSA) is 34.4 Å². The number of thiazole rings is 1. The molecule has 0 saturated carbocycles. The highest BCUT2D eigenvalue weighted by Crippen LogP contribution is 2.20. The number of fused-ring (bicyclic) bond motifs is 1. The second kappa shape index (κ2) is 7.93. The largest absolute Gasteiger partial charge is 0.316 e. The molecule has 130 valence electrons. The first-order chi connectivity index (χ1) is 12.1. The molecule has 0 bridgehead atoms. The van der Waals surface area contributed by atoms with Crippen molar-refractivity contribution in [2.45, 2.75) is 24.8 Å². The van der Waals surface area contributed by atoms with Gasteiger partial charge >= 0.3 is 0 Å². The Morgan fingerprint density at radius 3 is 2.60 bits per heavy atom. The third-order valence-corrected chi connectivity index (χ3v) is 5.53. The maximum absolute atomic E-state index is 13.4. The smallest absolute Gasteiger partial charge is 0.258 e. The molecule has 3 rings (SSSR count). The summed E-state index contributed by atoms with van der Waals surface area (Å²) in [6.07, 6.45) is 0.884. The number of carbonyl (C=O) groups excluding carboxylic acids is 1. The van der Waals surface area contributed by atoms with Gasteiger partial charge in [0.15, 0.2) is 4.80 Å². The summed E-state index contributed by atoms with van der Waals surface area (Å²) in [6, 6.07) is 10.6. The van der Waals surface area contributed by atoms with Crippen molar-refractivity contribution in [1.29, 1.82) is 0 Å². The average Bonchev–Trinajstić information content (AvgIpc) is 2.91. The first-order valence-electron chi connectivity index (χ1n) is 7.81. The van der Waals surface area contributed by atoms with Crippen molar-refractivity contribution in [3.63, 3.8) is 0 Å². The van der Waals surface area contributed by atoms with E-state index in [-0.39, 0.29) is 23.3 Å². The van der Waals surface area contributed by atoms with Crippen LogP contribution in [0.1, 0.15) is 13.3 Å². The second-order valence-electron chi connectivity index (χ2n) is 5.40. The van der Waals surface area contributed by atoms with Gasteiger partial charge in [0.25, 0.3) is 5.91 Å². The van der Waals surface area contributed by atoms with Crippen LogP contribution in [0.25, 0.3) is 10.2 Å². The molecule has 0 N–H and O–H groups in total. The van der Waals surface area contributed by atoms with Crippen molar-refractivity contribution < 1.29 is 13.6 Å². The van der Waals surface area contributed by atoms with Gasteiger partial charge in [0.2, 0.25) is 0 Å². The van der Waals surface area contributed by atoms with E-state index in [9.17, 15) is 13.6 Å². The molecule has 0 spiro atoms. The van der Waals surface area contributed by atoms with Crippen molar-refractivity contribution >= 4 is 39.2 Å². The van der Waals surface area contributed by atoms with E-state index in [0.717, 1.165) is 21.5 Å². The quantitative estimate of drug-likeness (QED) is 0.608. The van der Waals surface area contributed by atoms with E-state index in [0.29, 0.717) is 11.3 Å². The predicted octanol–water partition coefficient (Wildman–Crippen LogP) is 4.61. The number of hydrogen-bond acceptors (Lipinski definition) is 3. The highest BCUT2D eigenvalue weighted by molar-refractivity contribution is 8.00. The van der Waals surface area contributed by atoms with Crippen LogP contribution in [0.15, 0.2) is 52.4 Å². The molecule has 0 unspecified atom stereocenters. The number of aromatic nitrogens is 1. The molecular weight excluding hydrogens is 362 g/mol. The number of thioether (sulfide) groups is 1. The van der Waals surface area contributed by atoms with E-state index >= 15 is 0 Å². The molecule has 0 aliphatic rings. The number of rotatable bonds is 5. The molecule has 2 aromatic carbocycles. The van der Waals surface area contributed by atoms with Crippen molar-refractivity contribution in [3.8, 4) is 0 Å². The molecule has 0 saturated heterocycles. The van der Waals surface area contributed by atoms with Gasteiger partial charge in [-0.3, -0.25) is 4.79 Å². The molecule has 0 fully saturated rings. The third-order valence-electron chi connectivity index (χ3n) is 3.49. The molecule has 0 aliphatic carbocycles. The molecule has 1 amide bonds. The van der Waals surface area contributed by atoms with Gasteiger partial charge in [0, 0.05) is 11.4 Å². The number of aryl methyl sites for hydroxylation is 1. The van der Waals surface area contributed by atoms with Gasteiger partial charge in [0.1, 0.15) is 11.6 Å². The summed E-state index contributed by atoms with van der Waals surface area (Å²) < 4.78 is 29.0. The normalized spacial score (nSPS) is 12.0. The Morgan fingerprint density at radius 2 is 1.88 bits per heavy atom. The fourth-order valence-electron chi connectivity index (χ4n) is 2.39. The lowest BCUT2D eigenvalue weighted by molar-refractivity contribution is -0.115. The van der Waals surface area contributed by atoms with Gasteiger partial charge in [-0.25, -0.2) is 8.78 Å². The zero-order chi connectivity index (χ0) is 17.8. The first kappa shape index (κ1) is 17.8. The summed E-state index contributed by atoms with van der Waals surface area (Å²) in [7, 11) is 0. The van der Waals surface area contributed by atoms with Crippen molar-refractivity contribution in [1.82, 2.24) is 4.57 Å². The van der Waals surface area contributed by atoms with Crippen LogP contribution in [0.3, 0.4) is 0 Å². The molecule has 0 atom stereocenters. The minimum Gasteiger partial charge on any atom is -0.316 e. The third kappa shape index (κ3) is 4.35. The van der Waals surface area contributed by atoms with Crippen LogP contribution < -0.4 is 4.80 Å². The Hall–Kier alpha value is -1.99. The number of amides is 1. The molecule has 0 radical (unpaired) electrons. The highest BCUT2D eigenvalue weighted by Gasteiger charge is 2.09. The Morgan fingerprint density at radius 1 is 1.16 bits per heavy atom. The fraction of sp³-hybridized carbons (Fsp3) is 0.222. The Balaban J connectivity index is 1.84. The summed E-state index contributed by atoms with van der Waals surface area (Å²) >= 11 is 2.62. The zero-order valence-electron chi connectivity index (χ0n) is 13.5. The zero-order valence-corrected chi connectivity index (χ0v) is 15.2. The van der Waals surface area contributed by atoms with Crippen molar-refractivity contribution in [3.05, 3.63) is 58.9 Å². The number of benzene rings is 2. The summed E-state index contributed by atoms with van der Waals surface area (Å²) in [5.74, 6) is -0.716. The highest BCUT2D eigenvalue weighted by atomic mass is 32.2. The van der Waals surface area contributed by atoms with Crippen molar-refractivity contribution in [2.75, 3.05) is 5.75 Å². The van der Waals surface area contributed by atoms with E-state index < -0.39 is 0 Å². The predicted molar refractivity (Wildman–Crippen MR) is 97.8 cm³/mol. The van der Waals surface area contributed by atoms with Gasteiger partial charge in [-0.1, -0.05) is 18.3 Å². The van der Waals surface area contributed by atoms with E-state index in [1.54, 1.807) is 18.2 Å². The molecule has 7 heteroatoms. The van der Waals surface area contributed by atoms with Crippen LogP contribution in [0, 0.1) is 11.6 Å². The average molecular weight is 378 g/mol. The van der Waals surface area contributed by atoms with Gasteiger partial charge in [-0.2, -0.15) is 4.99 Å². The van der Waals surface area contributed by atoms with E-state index in [1.165, 1.54) is 47.4 Å². The van der Waals surface area contributed by atoms with Crippen LogP contribution in [-0.2, 0) is 11.3 Å². The van der Waals surface area contributed by atoms with E-state index in [4.69, 9.17) is 0 Å². The lowest BCUT2D eigenvalue weighted by atomic mass is 10.3. The first-order valence-corrected chi connectivity index (χ1v) is 9.62. The molecule has 1 aromatic heterocycles. The van der Waals surface area contributed by atoms with Crippen LogP contribution in [-0.4, -0.2) is 16.2 Å². The van der Waals surface area contributed by atoms with Gasteiger partial charge in [-0.15, -0.1) is 11.8 Å². The Labute approximate surface area is 152 Å². The van der Waals surface area contributed by atoms with Crippen LogP contribution >= 0.6 is 23.1 Å². The Kier molecular flexibility index (Phi) is 5.65. The number of hydrogen-bond donors (Lipinski definition) is 0. The maximum atomic E-state index is 13.4. The standard InChI is InChI=1S/C18H16F2N2OS2/c1-2-9-22-15-8-5-13(20)10-16(15)25-18(22)21-17(23)11-24-14-6-3-12(19)4-7-14/h3-8,10H,2,9,11H2,1H3. The van der Waals surface area contributed by atoms with Crippen molar-refractivity contribution in [2.24, 2.45) is 4.99 Å². The monoisotopic (exact) mass is 378 g/mol. The van der Waals surface area contributed by atoms with E-state index in [2.05, 4.69) is 4.99 Å². The maximum Gasteiger partial charge on any atom is 0.258 e.